The molecule has 0 fully saturated rings. The Morgan fingerprint density at radius 1 is 0.818 bits per heavy atom. The van der Waals surface area contributed by atoms with Crippen LogP contribution in [0.4, 0.5) is 0 Å². The van der Waals surface area contributed by atoms with Gasteiger partial charge in [-0.25, -0.2) is 4.79 Å². The topological polar surface area (TPSA) is 132 Å². The molecule has 7 nitrogen and oxygen atoms in total. The van der Waals surface area contributed by atoms with E-state index >= 15 is 0 Å². The van der Waals surface area contributed by atoms with Crippen LogP contribution in [-0.2, 0) is 0 Å². The predicted octanol–water partition coefficient (Wildman–Crippen LogP) is 1.28. The average Bonchev–Trinajstić information content (AvgIpc) is 2.47. The van der Waals surface area contributed by atoms with Gasteiger partial charge in [0.25, 0.3) is 0 Å². The van der Waals surface area contributed by atoms with Crippen LogP contribution in [0, 0.1) is 0 Å². The van der Waals surface area contributed by atoms with Crippen molar-refractivity contribution < 1.29 is 34.8 Å². The molecule has 0 saturated heterocycles. The first-order chi connectivity index (χ1) is 10.3. The summed E-state index contributed by atoms with van der Waals surface area (Å²) in [6.07, 6.45) is 0. The minimum Gasteiger partial charge on any atom is -0.508 e. The lowest BCUT2D eigenvalue weighted by Gasteiger charge is -2.19. The number of hydrogen-bond acceptors (Lipinski definition) is 6. The minimum absolute atomic E-state index is 0.0169. The molecule has 0 atom stereocenters. The van der Waals surface area contributed by atoms with Crippen LogP contribution in [-0.4, -0.2) is 38.0 Å². The summed E-state index contributed by atoms with van der Waals surface area (Å²) in [5.41, 5.74) is -1.62. The monoisotopic (exact) mass is 300 g/mol. The Hall–Kier alpha value is -3.35. The molecule has 0 aliphatic heterocycles. The van der Waals surface area contributed by atoms with Crippen molar-refractivity contribution >= 4 is 17.5 Å². The highest BCUT2D eigenvalue weighted by molar-refractivity contribution is 6.30. The fraction of sp³-hybridized carbons (Fsp3) is 0. The van der Waals surface area contributed by atoms with Crippen molar-refractivity contribution in [3.05, 3.63) is 52.1 Å². The minimum atomic E-state index is -1.55. The van der Waals surface area contributed by atoms with Crippen LogP contribution in [0.2, 0.25) is 0 Å². The Kier molecular flexibility index (Phi) is 2.68. The Balaban J connectivity index is 2.37. The largest absolute Gasteiger partial charge is 0.508 e. The van der Waals surface area contributed by atoms with Crippen molar-refractivity contribution in [3.8, 4) is 17.2 Å². The molecule has 110 valence electrons. The molecule has 0 aromatic heterocycles. The van der Waals surface area contributed by atoms with E-state index in [0.717, 1.165) is 12.1 Å². The lowest BCUT2D eigenvalue weighted by Crippen LogP contribution is -2.21. The molecule has 2 aromatic rings. The van der Waals surface area contributed by atoms with Gasteiger partial charge in [0.2, 0.25) is 0 Å². The van der Waals surface area contributed by atoms with E-state index in [1.807, 2.05) is 0 Å². The molecule has 7 heteroatoms. The molecular weight excluding hydrogens is 292 g/mol. The maximum Gasteiger partial charge on any atom is 0.339 e. The van der Waals surface area contributed by atoms with Crippen LogP contribution >= 0.6 is 0 Å². The summed E-state index contributed by atoms with van der Waals surface area (Å²) in [6.45, 7) is 0. The van der Waals surface area contributed by atoms with Crippen LogP contribution in [0.3, 0.4) is 0 Å². The Labute approximate surface area is 122 Å². The van der Waals surface area contributed by atoms with Gasteiger partial charge >= 0.3 is 5.97 Å². The molecule has 0 unspecified atom stereocenters. The zero-order chi connectivity index (χ0) is 16.2. The number of aromatic hydroxyl groups is 3. The number of carboxylic acid groups (broad SMARTS) is 1. The summed E-state index contributed by atoms with van der Waals surface area (Å²) in [6, 6.07) is 4.37. The standard InChI is InChI=1S/C15H8O7/c16-5-1-2-6-7(3-5)12(18)10-8(11(6)17)4-9(15(21)22)13(19)14(10)20/h1-4,16,19-20H,(H,21,22). The fourth-order valence-electron chi connectivity index (χ4n) is 2.43. The number of hydrogen-bond donors (Lipinski definition) is 4. The van der Waals surface area contributed by atoms with Gasteiger partial charge in [0.1, 0.15) is 11.3 Å². The lowest BCUT2D eigenvalue weighted by molar-refractivity contribution is 0.0692. The maximum absolute atomic E-state index is 12.4. The van der Waals surface area contributed by atoms with Crippen molar-refractivity contribution in [1.82, 2.24) is 0 Å². The third-order valence-corrected chi connectivity index (χ3v) is 3.47. The van der Waals surface area contributed by atoms with Crippen LogP contribution < -0.4 is 0 Å². The second-order valence-electron chi connectivity index (χ2n) is 4.74. The van der Waals surface area contributed by atoms with E-state index in [-0.39, 0.29) is 22.4 Å². The second-order valence-corrected chi connectivity index (χ2v) is 4.74. The van der Waals surface area contributed by atoms with Crippen molar-refractivity contribution in [2.24, 2.45) is 0 Å². The third kappa shape index (κ3) is 1.65. The first-order valence-corrected chi connectivity index (χ1v) is 6.07. The number of phenols is 3. The molecule has 0 amide bonds. The highest BCUT2D eigenvalue weighted by Crippen LogP contribution is 2.41. The van der Waals surface area contributed by atoms with Gasteiger partial charge in [-0.3, -0.25) is 9.59 Å². The van der Waals surface area contributed by atoms with Crippen molar-refractivity contribution in [3.63, 3.8) is 0 Å². The van der Waals surface area contributed by atoms with Gasteiger partial charge in [-0.1, -0.05) is 0 Å². The molecule has 0 radical (unpaired) electrons. The highest BCUT2D eigenvalue weighted by Gasteiger charge is 2.35. The third-order valence-electron chi connectivity index (χ3n) is 3.47. The first-order valence-electron chi connectivity index (χ1n) is 6.07. The highest BCUT2D eigenvalue weighted by atomic mass is 16.4. The van der Waals surface area contributed by atoms with Gasteiger partial charge in [0.05, 0.1) is 5.56 Å². The van der Waals surface area contributed by atoms with Gasteiger partial charge < -0.3 is 20.4 Å². The Morgan fingerprint density at radius 3 is 2.14 bits per heavy atom. The van der Waals surface area contributed by atoms with Gasteiger partial charge in [-0.05, 0) is 24.3 Å². The molecule has 0 heterocycles. The molecule has 0 spiro atoms. The quantitative estimate of drug-likeness (QED) is 0.497. The lowest BCUT2D eigenvalue weighted by atomic mass is 9.82. The molecule has 3 rings (SSSR count). The van der Waals surface area contributed by atoms with Gasteiger partial charge in [-0.2, -0.15) is 0 Å². The van der Waals surface area contributed by atoms with Crippen LogP contribution in [0.5, 0.6) is 17.2 Å². The maximum atomic E-state index is 12.4. The van der Waals surface area contributed by atoms with E-state index in [0.29, 0.717) is 0 Å². The van der Waals surface area contributed by atoms with E-state index in [1.54, 1.807) is 0 Å². The smallest absolute Gasteiger partial charge is 0.339 e. The first kappa shape index (κ1) is 13.6. The molecule has 2 aromatic carbocycles. The number of carboxylic acids is 1. The fourth-order valence-corrected chi connectivity index (χ4v) is 2.43. The van der Waals surface area contributed by atoms with Crippen LogP contribution in [0.15, 0.2) is 24.3 Å². The zero-order valence-electron chi connectivity index (χ0n) is 10.8. The second kappa shape index (κ2) is 4.32. The summed E-state index contributed by atoms with van der Waals surface area (Å²) < 4.78 is 0. The summed E-state index contributed by atoms with van der Waals surface area (Å²) in [5, 5.41) is 38.0. The molecule has 1 aliphatic carbocycles. The van der Waals surface area contributed by atoms with Crippen molar-refractivity contribution in [2.45, 2.75) is 0 Å². The normalized spacial score (nSPS) is 12.7. The molecule has 1 aliphatic rings. The number of rotatable bonds is 1. The van der Waals surface area contributed by atoms with E-state index in [9.17, 15) is 29.7 Å². The zero-order valence-corrected chi connectivity index (χ0v) is 10.8. The van der Waals surface area contributed by atoms with E-state index < -0.39 is 40.2 Å². The number of carbonyl (C=O) groups excluding carboxylic acids is 2. The van der Waals surface area contributed by atoms with Gasteiger partial charge in [0, 0.05) is 16.7 Å². The van der Waals surface area contributed by atoms with Crippen LogP contribution in [0.1, 0.15) is 42.2 Å². The average molecular weight is 300 g/mol. The van der Waals surface area contributed by atoms with E-state index in [4.69, 9.17) is 5.11 Å². The van der Waals surface area contributed by atoms with E-state index in [1.165, 1.54) is 12.1 Å². The number of benzene rings is 2. The van der Waals surface area contributed by atoms with Crippen LogP contribution in [0.25, 0.3) is 0 Å². The molecule has 22 heavy (non-hydrogen) atoms. The van der Waals surface area contributed by atoms with E-state index in [2.05, 4.69) is 0 Å². The summed E-state index contributed by atoms with van der Waals surface area (Å²) >= 11 is 0. The SMILES string of the molecule is O=C(O)c1cc2c(c(O)c1O)C(=O)c1cc(O)ccc1C2=O. The molecule has 4 N–H and O–H groups in total. The van der Waals surface area contributed by atoms with Crippen molar-refractivity contribution in [2.75, 3.05) is 0 Å². The predicted molar refractivity (Wildman–Crippen MR) is 71.7 cm³/mol. The Bertz CT molecular complexity index is 880. The van der Waals surface area contributed by atoms with Gasteiger partial charge in [-0.15, -0.1) is 0 Å². The number of carbonyl (C=O) groups is 3. The summed E-state index contributed by atoms with van der Waals surface area (Å²) in [7, 11) is 0. The Morgan fingerprint density at radius 2 is 1.50 bits per heavy atom. The van der Waals surface area contributed by atoms with Crippen molar-refractivity contribution in [1.29, 1.82) is 0 Å². The molecular formula is C15H8O7. The number of aromatic carboxylic acids is 1. The summed E-state index contributed by atoms with van der Waals surface area (Å²) in [5.74, 6) is -5.22. The number of phenolic OH excluding ortho intramolecular Hbond substituents is 2. The number of fused-ring (bicyclic) bond motifs is 2. The molecule has 0 saturated carbocycles. The molecule has 0 bridgehead atoms. The number of ketones is 2. The van der Waals surface area contributed by atoms with Gasteiger partial charge in [0.15, 0.2) is 23.1 Å². The summed E-state index contributed by atoms with van der Waals surface area (Å²) in [4.78, 5) is 35.8.